The average Bonchev–Trinajstić information content (AvgIpc) is 2.19. The molecule has 2 heteroatoms. The lowest BCUT2D eigenvalue weighted by molar-refractivity contribution is -0.116. The van der Waals surface area contributed by atoms with Crippen molar-refractivity contribution >= 4 is 5.78 Å². The lowest BCUT2D eigenvalue weighted by Crippen LogP contribution is -2.11. The number of hydrogen-bond acceptors (Lipinski definition) is 2. The molecule has 0 aliphatic carbocycles. The number of ketones is 1. The van der Waals surface area contributed by atoms with Crippen molar-refractivity contribution < 1.29 is 9.53 Å². The summed E-state index contributed by atoms with van der Waals surface area (Å²) in [5, 5.41) is 0. The van der Waals surface area contributed by atoms with E-state index < -0.39 is 0 Å². The molecule has 0 radical (unpaired) electrons. The van der Waals surface area contributed by atoms with Crippen molar-refractivity contribution in [1.82, 2.24) is 0 Å². The molecule has 0 N–H and O–H groups in total. The molecule has 0 saturated carbocycles. The van der Waals surface area contributed by atoms with Crippen LogP contribution in [0.25, 0.3) is 0 Å². The number of carbonyl (C=O) groups is 1. The molecule has 0 fully saturated rings. The fourth-order valence-electron chi connectivity index (χ4n) is 1.36. The van der Waals surface area contributed by atoms with Crippen molar-refractivity contribution in [2.24, 2.45) is 5.92 Å². The maximum atomic E-state index is 11.6. The Morgan fingerprint density at radius 1 is 1.69 bits per heavy atom. The van der Waals surface area contributed by atoms with Crippen molar-refractivity contribution in [1.29, 1.82) is 0 Å². The van der Waals surface area contributed by atoms with Crippen LogP contribution in [0.5, 0.6) is 0 Å². The molecule has 1 atom stereocenters. The highest BCUT2D eigenvalue weighted by Gasteiger charge is 2.15. The van der Waals surface area contributed by atoms with E-state index in [-0.39, 0.29) is 5.78 Å². The number of ether oxygens (including phenoxy) is 1. The Labute approximate surface area is 80.0 Å². The topological polar surface area (TPSA) is 26.3 Å². The molecule has 13 heavy (non-hydrogen) atoms. The van der Waals surface area contributed by atoms with Crippen LogP contribution in [-0.4, -0.2) is 12.4 Å². The SMILES string of the molecule is CCC(C)CC(=O)C1=COCCC1. The molecule has 0 saturated heterocycles. The van der Waals surface area contributed by atoms with E-state index in [9.17, 15) is 4.79 Å². The molecule has 1 unspecified atom stereocenters. The highest BCUT2D eigenvalue weighted by molar-refractivity contribution is 5.95. The van der Waals surface area contributed by atoms with Crippen LogP contribution in [-0.2, 0) is 9.53 Å². The Morgan fingerprint density at radius 3 is 3.00 bits per heavy atom. The molecule has 0 bridgehead atoms. The maximum absolute atomic E-state index is 11.6. The summed E-state index contributed by atoms with van der Waals surface area (Å²) in [6, 6.07) is 0. The molecule has 1 aliphatic rings. The van der Waals surface area contributed by atoms with E-state index in [0.717, 1.165) is 31.4 Å². The number of allylic oxidation sites excluding steroid dienone is 1. The van der Waals surface area contributed by atoms with Gasteiger partial charge in [-0.3, -0.25) is 4.79 Å². The summed E-state index contributed by atoms with van der Waals surface area (Å²) in [5.74, 6) is 0.768. The summed E-state index contributed by atoms with van der Waals surface area (Å²) < 4.78 is 5.14. The Bertz CT molecular complexity index is 206. The normalized spacial score (nSPS) is 18.8. The molecular weight excluding hydrogens is 164 g/mol. The minimum absolute atomic E-state index is 0.272. The van der Waals surface area contributed by atoms with Crippen LogP contribution in [0, 0.1) is 5.92 Å². The second-order valence-corrected chi connectivity index (χ2v) is 3.76. The lowest BCUT2D eigenvalue weighted by Gasteiger charge is -2.14. The molecule has 1 rings (SSSR count). The second-order valence-electron chi connectivity index (χ2n) is 3.76. The quantitative estimate of drug-likeness (QED) is 0.668. The van der Waals surface area contributed by atoms with Gasteiger partial charge in [0.05, 0.1) is 12.9 Å². The molecule has 74 valence electrons. The molecule has 0 aromatic carbocycles. The van der Waals surface area contributed by atoms with Gasteiger partial charge < -0.3 is 4.74 Å². The first-order valence-electron chi connectivity index (χ1n) is 5.08. The van der Waals surface area contributed by atoms with Gasteiger partial charge in [-0.05, 0) is 18.8 Å². The summed E-state index contributed by atoms with van der Waals surface area (Å²) in [4.78, 5) is 11.6. The van der Waals surface area contributed by atoms with E-state index in [1.165, 1.54) is 0 Å². The zero-order chi connectivity index (χ0) is 9.68. The number of carbonyl (C=O) groups excluding carboxylic acids is 1. The molecule has 1 aliphatic heterocycles. The number of Topliss-reactive ketones (excluding diaryl/α,β-unsaturated/α-hetero) is 1. The first kappa shape index (κ1) is 10.3. The maximum Gasteiger partial charge on any atom is 0.162 e. The Kier molecular flexibility index (Phi) is 4.00. The third-order valence-electron chi connectivity index (χ3n) is 2.52. The third-order valence-corrected chi connectivity index (χ3v) is 2.52. The average molecular weight is 182 g/mol. The van der Waals surface area contributed by atoms with Gasteiger partial charge in [0, 0.05) is 12.0 Å². The van der Waals surface area contributed by atoms with Crippen LogP contribution >= 0.6 is 0 Å². The van der Waals surface area contributed by atoms with Crippen LogP contribution in [0.3, 0.4) is 0 Å². The smallest absolute Gasteiger partial charge is 0.162 e. The van der Waals surface area contributed by atoms with E-state index in [2.05, 4.69) is 13.8 Å². The van der Waals surface area contributed by atoms with Crippen LogP contribution in [0.4, 0.5) is 0 Å². The largest absolute Gasteiger partial charge is 0.501 e. The summed E-state index contributed by atoms with van der Waals surface area (Å²) >= 11 is 0. The zero-order valence-corrected chi connectivity index (χ0v) is 8.51. The van der Waals surface area contributed by atoms with Gasteiger partial charge in [0.2, 0.25) is 0 Å². The van der Waals surface area contributed by atoms with Gasteiger partial charge in [-0.25, -0.2) is 0 Å². The Hall–Kier alpha value is -0.790. The van der Waals surface area contributed by atoms with Gasteiger partial charge in [-0.2, -0.15) is 0 Å². The highest BCUT2D eigenvalue weighted by atomic mass is 16.5. The van der Waals surface area contributed by atoms with Gasteiger partial charge in [-0.15, -0.1) is 0 Å². The molecule has 0 spiro atoms. The van der Waals surface area contributed by atoms with E-state index >= 15 is 0 Å². The minimum atomic E-state index is 0.272. The number of hydrogen-bond donors (Lipinski definition) is 0. The molecule has 2 nitrogen and oxygen atoms in total. The summed E-state index contributed by atoms with van der Waals surface area (Å²) in [6.45, 7) is 4.99. The van der Waals surface area contributed by atoms with E-state index in [1.807, 2.05) is 0 Å². The molecule has 1 heterocycles. The van der Waals surface area contributed by atoms with Gasteiger partial charge in [0.15, 0.2) is 5.78 Å². The molecule has 0 aromatic heterocycles. The fourth-order valence-corrected chi connectivity index (χ4v) is 1.36. The Morgan fingerprint density at radius 2 is 2.46 bits per heavy atom. The first-order chi connectivity index (χ1) is 6.24. The predicted molar refractivity (Wildman–Crippen MR) is 52.3 cm³/mol. The van der Waals surface area contributed by atoms with Crippen LogP contribution in [0.1, 0.15) is 39.5 Å². The zero-order valence-electron chi connectivity index (χ0n) is 8.51. The molecule has 0 aromatic rings. The lowest BCUT2D eigenvalue weighted by atomic mass is 9.96. The summed E-state index contributed by atoms with van der Waals surface area (Å²) in [5.41, 5.74) is 0.881. The van der Waals surface area contributed by atoms with Crippen molar-refractivity contribution in [3.05, 3.63) is 11.8 Å². The summed E-state index contributed by atoms with van der Waals surface area (Å²) in [6.07, 6.45) is 5.27. The van der Waals surface area contributed by atoms with E-state index in [0.29, 0.717) is 12.3 Å². The van der Waals surface area contributed by atoms with Crippen molar-refractivity contribution in [3.8, 4) is 0 Å². The van der Waals surface area contributed by atoms with Gasteiger partial charge in [-0.1, -0.05) is 20.3 Å². The van der Waals surface area contributed by atoms with Crippen molar-refractivity contribution in [3.63, 3.8) is 0 Å². The van der Waals surface area contributed by atoms with Crippen LogP contribution in [0.2, 0.25) is 0 Å². The minimum Gasteiger partial charge on any atom is -0.501 e. The van der Waals surface area contributed by atoms with E-state index in [4.69, 9.17) is 4.74 Å². The van der Waals surface area contributed by atoms with Crippen molar-refractivity contribution in [2.45, 2.75) is 39.5 Å². The summed E-state index contributed by atoms with van der Waals surface area (Å²) in [7, 11) is 0. The standard InChI is InChI=1S/C11H18O2/c1-3-9(2)7-11(12)10-5-4-6-13-8-10/h8-9H,3-7H2,1-2H3. The fraction of sp³-hybridized carbons (Fsp3) is 0.727. The van der Waals surface area contributed by atoms with E-state index in [1.54, 1.807) is 6.26 Å². The third kappa shape index (κ3) is 3.21. The van der Waals surface area contributed by atoms with Crippen molar-refractivity contribution in [2.75, 3.05) is 6.61 Å². The van der Waals surface area contributed by atoms with Crippen LogP contribution in [0.15, 0.2) is 11.8 Å². The van der Waals surface area contributed by atoms with Gasteiger partial charge in [0.25, 0.3) is 0 Å². The molecular formula is C11H18O2. The van der Waals surface area contributed by atoms with Gasteiger partial charge in [0.1, 0.15) is 0 Å². The van der Waals surface area contributed by atoms with Gasteiger partial charge >= 0.3 is 0 Å². The second kappa shape index (κ2) is 5.05. The predicted octanol–water partition coefficient (Wildman–Crippen LogP) is 2.69. The highest BCUT2D eigenvalue weighted by Crippen LogP contribution is 2.17. The Balaban J connectivity index is 2.42. The monoisotopic (exact) mass is 182 g/mol. The molecule has 0 amide bonds. The first-order valence-corrected chi connectivity index (χ1v) is 5.08. The number of rotatable bonds is 4. The van der Waals surface area contributed by atoms with Crippen LogP contribution < -0.4 is 0 Å².